The van der Waals surface area contributed by atoms with Gasteiger partial charge in [-0.25, -0.2) is 4.79 Å². The van der Waals surface area contributed by atoms with Gasteiger partial charge in [0, 0.05) is 36.3 Å². The lowest BCUT2D eigenvalue weighted by molar-refractivity contribution is -0.114. The fourth-order valence-electron chi connectivity index (χ4n) is 2.74. The summed E-state index contributed by atoms with van der Waals surface area (Å²) >= 11 is 0. The van der Waals surface area contributed by atoms with E-state index in [1.54, 1.807) is 0 Å². The third-order valence-electron chi connectivity index (χ3n) is 4.21. The highest BCUT2D eigenvalue weighted by Gasteiger charge is 2.09. The maximum absolute atomic E-state index is 11.9. The molecule has 0 radical (unpaired) electrons. The third-order valence-corrected chi connectivity index (χ3v) is 4.21. The number of carbonyl (C=O) groups excluding carboxylic acids is 1. The van der Waals surface area contributed by atoms with Crippen LogP contribution in [0, 0.1) is 13.8 Å². The quantitative estimate of drug-likeness (QED) is 0.707. The summed E-state index contributed by atoms with van der Waals surface area (Å²) in [5.41, 5.74) is 4.91. The lowest BCUT2D eigenvalue weighted by Gasteiger charge is -2.11. The van der Waals surface area contributed by atoms with Crippen molar-refractivity contribution >= 4 is 28.3 Å². The Morgan fingerprint density at radius 3 is 2.40 bits per heavy atom. The zero-order valence-electron chi connectivity index (χ0n) is 14.5. The number of hydrogen-bond acceptors (Lipinski definition) is 4. The van der Waals surface area contributed by atoms with Crippen LogP contribution in [0.5, 0.6) is 0 Å². The minimum Gasteiger partial charge on any atom is -0.422 e. The van der Waals surface area contributed by atoms with Crippen LogP contribution in [-0.2, 0) is 11.3 Å². The van der Waals surface area contributed by atoms with E-state index in [4.69, 9.17) is 4.42 Å². The van der Waals surface area contributed by atoms with Crippen molar-refractivity contribution < 1.29 is 9.21 Å². The zero-order valence-corrected chi connectivity index (χ0v) is 14.5. The second kappa shape index (κ2) is 6.81. The molecule has 2 aromatic carbocycles. The first-order chi connectivity index (χ1) is 11.9. The molecule has 0 spiro atoms. The Hall–Kier alpha value is -3.08. The van der Waals surface area contributed by atoms with E-state index in [2.05, 4.69) is 10.6 Å². The fourth-order valence-corrected chi connectivity index (χ4v) is 2.74. The van der Waals surface area contributed by atoms with Gasteiger partial charge in [-0.3, -0.25) is 4.79 Å². The molecule has 5 nitrogen and oxygen atoms in total. The second-order valence-corrected chi connectivity index (χ2v) is 6.09. The van der Waals surface area contributed by atoms with Crippen molar-refractivity contribution in [2.75, 3.05) is 10.6 Å². The van der Waals surface area contributed by atoms with Crippen LogP contribution in [0.4, 0.5) is 11.4 Å². The van der Waals surface area contributed by atoms with Crippen LogP contribution in [0.1, 0.15) is 23.6 Å². The highest BCUT2D eigenvalue weighted by atomic mass is 16.4. The molecule has 0 aliphatic rings. The van der Waals surface area contributed by atoms with E-state index >= 15 is 0 Å². The predicted octanol–water partition coefficient (Wildman–Crippen LogP) is 3.98. The monoisotopic (exact) mass is 336 g/mol. The summed E-state index contributed by atoms with van der Waals surface area (Å²) in [7, 11) is 0. The molecule has 2 N–H and O–H groups in total. The minimum absolute atomic E-state index is 0.103. The summed E-state index contributed by atoms with van der Waals surface area (Å²) in [6.07, 6.45) is 0. The summed E-state index contributed by atoms with van der Waals surface area (Å²) in [4.78, 5) is 22.9. The van der Waals surface area contributed by atoms with E-state index in [1.807, 2.05) is 50.2 Å². The summed E-state index contributed by atoms with van der Waals surface area (Å²) in [6.45, 7) is 5.93. The van der Waals surface area contributed by atoms with E-state index in [1.165, 1.54) is 13.0 Å². The molecule has 3 aromatic rings. The van der Waals surface area contributed by atoms with Crippen molar-refractivity contribution in [1.82, 2.24) is 0 Å². The van der Waals surface area contributed by atoms with Crippen molar-refractivity contribution in [1.29, 1.82) is 0 Å². The molecule has 0 aliphatic carbocycles. The number of anilines is 2. The van der Waals surface area contributed by atoms with Gasteiger partial charge in [-0.05, 0) is 54.8 Å². The zero-order chi connectivity index (χ0) is 18.0. The number of nitrogens with one attached hydrogen (secondary N) is 2. The Kier molecular flexibility index (Phi) is 4.57. The average Bonchev–Trinajstić information content (AvgIpc) is 2.57. The molecule has 128 valence electrons. The standard InChI is InChI=1S/C20H20N2O3/c1-12-4-9-18-15(10-19(24)25-20(18)13(12)2)11-21-16-5-7-17(8-6-16)22-14(3)23/h4-10,21H,11H2,1-3H3,(H,22,23). The molecule has 0 saturated heterocycles. The average molecular weight is 336 g/mol. The highest BCUT2D eigenvalue weighted by Crippen LogP contribution is 2.24. The molecule has 3 rings (SSSR count). The Morgan fingerprint density at radius 2 is 1.72 bits per heavy atom. The first-order valence-corrected chi connectivity index (χ1v) is 8.08. The number of rotatable bonds is 4. The molecule has 5 heteroatoms. The topological polar surface area (TPSA) is 71.3 Å². The van der Waals surface area contributed by atoms with Crippen LogP contribution in [0.2, 0.25) is 0 Å². The van der Waals surface area contributed by atoms with Crippen LogP contribution in [0.3, 0.4) is 0 Å². The maximum Gasteiger partial charge on any atom is 0.336 e. The molecule has 0 fully saturated rings. The van der Waals surface area contributed by atoms with E-state index in [0.717, 1.165) is 33.5 Å². The van der Waals surface area contributed by atoms with Gasteiger partial charge in [-0.15, -0.1) is 0 Å². The van der Waals surface area contributed by atoms with Gasteiger partial charge in [0.2, 0.25) is 5.91 Å². The maximum atomic E-state index is 11.9. The van der Waals surface area contributed by atoms with Crippen LogP contribution >= 0.6 is 0 Å². The normalized spacial score (nSPS) is 10.7. The SMILES string of the molecule is CC(=O)Nc1ccc(NCc2cc(=O)oc3c(C)c(C)ccc23)cc1. The molecule has 0 aliphatic heterocycles. The highest BCUT2D eigenvalue weighted by molar-refractivity contribution is 5.88. The van der Waals surface area contributed by atoms with Gasteiger partial charge < -0.3 is 15.1 Å². The van der Waals surface area contributed by atoms with E-state index in [-0.39, 0.29) is 11.5 Å². The van der Waals surface area contributed by atoms with Crippen LogP contribution in [-0.4, -0.2) is 5.91 Å². The number of fused-ring (bicyclic) bond motifs is 1. The van der Waals surface area contributed by atoms with Crippen LogP contribution < -0.4 is 16.3 Å². The van der Waals surface area contributed by atoms with Gasteiger partial charge in [0.05, 0.1) is 0 Å². The van der Waals surface area contributed by atoms with E-state index < -0.39 is 0 Å². The first-order valence-electron chi connectivity index (χ1n) is 8.08. The third kappa shape index (κ3) is 3.71. The molecule has 0 unspecified atom stereocenters. The lowest BCUT2D eigenvalue weighted by atomic mass is 10.0. The predicted molar refractivity (Wildman–Crippen MR) is 100 cm³/mol. The van der Waals surface area contributed by atoms with Crippen LogP contribution in [0.25, 0.3) is 11.0 Å². The van der Waals surface area contributed by atoms with E-state index in [9.17, 15) is 9.59 Å². The van der Waals surface area contributed by atoms with Gasteiger partial charge in [0.25, 0.3) is 0 Å². The Balaban J connectivity index is 1.85. The van der Waals surface area contributed by atoms with Gasteiger partial charge in [-0.1, -0.05) is 12.1 Å². The fraction of sp³-hybridized carbons (Fsp3) is 0.200. The largest absolute Gasteiger partial charge is 0.422 e. The molecule has 0 atom stereocenters. The molecule has 1 amide bonds. The molecule has 25 heavy (non-hydrogen) atoms. The lowest BCUT2D eigenvalue weighted by Crippen LogP contribution is -2.07. The van der Waals surface area contributed by atoms with Crippen molar-refractivity contribution in [3.63, 3.8) is 0 Å². The van der Waals surface area contributed by atoms with Crippen molar-refractivity contribution in [2.24, 2.45) is 0 Å². The first kappa shape index (κ1) is 16.8. The number of aryl methyl sites for hydroxylation is 2. The smallest absolute Gasteiger partial charge is 0.336 e. The van der Waals surface area contributed by atoms with E-state index in [0.29, 0.717) is 12.1 Å². The Morgan fingerprint density at radius 1 is 1.04 bits per heavy atom. The molecular weight excluding hydrogens is 316 g/mol. The molecule has 0 saturated carbocycles. The van der Waals surface area contributed by atoms with Crippen molar-refractivity contribution in [3.05, 3.63) is 69.6 Å². The summed E-state index contributed by atoms with van der Waals surface area (Å²) in [5.74, 6) is -0.103. The number of hydrogen-bond donors (Lipinski definition) is 2. The number of benzene rings is 2. The van der Waals surface area contributed by atoms with Crippen molar-refractivity contribution in [3.8, 4) is 0 Å². The van der Waals surface area contributed by atoms with Gasteiger partial charge in [0.15, 0.2) is 0 Å². The Labute approximate surface area is 145 Å². The number of carbonyl (C=O) groups is 1. The summed E-state index contributed by atoms with van der Waals surface area (Å²) in [5, 5.41) is 6.97. The molecule has 0 bridgehead atoms. The molecular formula is C20H20N2O3. The van der Waals surface area contributed by atoms with Crippen LogP contribution in [0.15, 0.2) is 51.7 Å². The summed E-state index contributed by atoms with van der Waals surface area (Å²) in [6, 6.07) is 13.0. The van der Waals surface area contributed by atoms with Crippen molar-refractivity contribution in [2.45, 2.75) is 27.3 Å². The minimum atomic E-state index is -0.348. The summed E-state index contributed by atoms with van der Waals surface area (Å²) < 4.78 is 5.40. The van der Waals surface area contributed by atoms with Gasteiger partial charge >= 0.3 is 5.63 Å². The molecule has 1 heterocycles. The van der Waals surface area contributed by atoms with Gasteiger partial charge in [-0.2, -0.15) is 0 Å². The second-order valence-electron chi connectivity index (χ2n) is 6.09. The Bertz CT molecular complexity index is 988. The van der Waals surface area contributed by atoms with Gasteiger partial charge in [0.1, 0.15) is 5.58 Å². The number of amides is 1. The molecule has 1 aromatic heterocycles.